The van der Waals surface area contributed by atoms with Gasteiger partial charge >= 0.3 is 63.9 Å². The Kier molecular flexibility index (Phi) is 10.0. The summed E-state index contributed by atoms with van der Waals surface area (Å²) in [6, 6.07) is 0. The van der Waals surface area contributed by atoms with Gasteiger partial charge in [0.2, 0.25) is 0 Å². The van der Waals surface area contributed by atoms with Crippen molar-refractivity contribution in [2.24, 2.45) is 5.14 Å². The number of primary sulfonamides is 1. The van der Waals surface area contributed by atoms with Crippen LogP contribution in [0.5, 0.6) is 0 Å². The topological polar surface area (TPSA) is 115 Å². The minimum absolute atomic E-state index is 0. The quantitative estimate of drug-likeness (QED) is 0.347. The Morgan fingerprint density at radius 3 is 1.11 bits per heavy atom. The number of halogens is 13. The molecule has 0 saturated heterocycles. The molecule has 0 unspecified atom stereocenters. The van der Waals surface area contributed by atoms with Crippen molar-refractivity contribution >= 4 is 39.0 Å². The van der Waals surface area contributed by atoms with Crippen LogP contribution in [0.1, 0.15) is 0 Å². The summed E-state index contributed by atoms with van der Waals surface area (Å²) in [7, 11) is -12.7. The van der Waals surface area contributed by atoms with Crippen molar-refractivity contribution in [2.75, 3.05) is 0 Å². The van der Waals surface area contributed by atoms with Crippen LogP contribution in [0.2, 0.25) is 0 Å². The van der Waals surface area contributed by atoms with Crippen LogP contribution < -0.4 is 5.14 Å². The summed E-state index contributed by atoms with van der Waals surface area (Å²) in [6.07, 6.45) is -11.5. The standard InChI is InChI=1S/C4H2F9NO2S.C2H2F4O3S.Li.H/c5-1(6,3(9,10)11)2(7,8)4(12,13)17(14,15)16;3-1(4)2(5,6)10(7,8)9;;/h(H2,14,15,16);1H,(H,7,8,9);;. The molecule has 6 nitrogen and oxygen atoms in total. The Balaban J connectivity index is -0.000000489. The van der Waals surface area contributed by atoms with Crippen LogP contribution in [-0.4, -0.2) is 75.2 Å². The van der Waals surface area contributed by atoms with E-state index >= 15 is 0 Å². The SMILES string of the molecule is NS(=O)(=O)C(F)(F)C(F)(F)C(F)(F)C(F)(F)F.O=S(=O)(O)C(F)(F)C(F)F.[LiH]. The van der Waals surface area contributed by atoms with Gasteiger partial charge < -0.3 is 0 Å². The van der Waals surface area contributed by atoms with Gasteiger partial charge in [-0.15, -0.1) is 0 Å². The predicted octanol–water partition coefficient (Wildman–Crippen LogP) is 1.78. The summed E-state index contributed by atoms with van der Waals surface area (Å²) in [5, 5.41) is -8.67. The molecule has 3 N–H and O–H groups in total. The Hall–Kier alpha value is -0.493. The van der Waals surface area contributed by atoms with E-state index in [1.165, 1.54) is 0 Å². The first-order valence-electron chi connectivity index (χ1n) is 5.05. The van der Waals surface area contributed by atoms with E-state index in [0.717, 1.165) is 0 Å². The summed E-state index contributed by atoms with van der Waals surface area (Å²) in [5.74, 6) is -14.5. The summed E-state index contributed by atoms with van der Waals surface area (Å²) >= 11 is 0. The van der Waals surface area contributed by atoms with Crippen LogP contribution in [-0.2, 0) is 20.1 Å². The summed E-state index contributed by atoms with van der Waals surface area (Å²) < 4.78 is 199. The summed E-state index contributed by atoms with van der Waals surface area (Å²) in [4.78, 5) is 0. The molecular formula is C6H5F13LiNO5S2. The second-order valence-corrected chi connectivity index (χ2v) is 7.14. The van der Waals surface area contributed by atoms with Crippen molar-refractivity contribution < 1.29 is 78.5 Å². The average molecular weight is 489 g/mol. The van der Waals surface area contributed by atoms with Crippen LogP contribution in [0.15, 0.2) is 0 Å². The zero-order valence-corrected chi connectivity index (χ0v) is 13.1. The number of rotatable bonds is 5. The van der Waals surface area contributed by atoms with Gasteiger partial charge in [-0.2, -0.15) is 56.7 Å². The molecule has 0 aliphatic heterocycles. The van der Waals surface area contributed by atoms with Gasteiger partial charge in [0.15, 0.2) is 0 Å². The van der Waals surface area contributed by atoms with Crippen molar-refractivity contribution in [3.8, 4) is 0 Å². The molecule has 0 saturated carbocycles. The fourth-order valence-electron chi connectivity index (χ4n) is 0.652. The Morgan fingerprint density at radius 1 is 0.714 bits per heavy atom. The van der Waals surface area contributed by atoms with Crippen molar-refractivity contribution in [3.05, 3.63) is 0 Å². The first-order chi connectivity index (χ1) is 11.2. The van der Waals surface area contributed by atoms with E-state index in [1.807, 2.05) is 0 Å². The van der Waals surface area contributed by atoms with Gasteiger partial charge in [0.05, 0.1) is 0 Å². The molecule has 0 aliphatic rings. The molecule has 0 aromatic carbocycles. The van der Waals surface area contributed by atoms with E-state index in [-0.39, 0.29) is 18.9 Å². The maximum atomic E-state index is 12.3. The van der Waals surface area contributed by atoms with E-state index in [2.05, 4.69) is 5.14 Å². The number of nitrogens with two attached hydrogens (primary N) is 1. The molecule has 0 spiro atoms. The summed E-state index contributed by atoms with van der Waals surface area (Å²) in [6.45, 7) is 0. The molecule has 0 aromatic heterocycles. The van der Waals surface area contributed by atoms with Gasteiger partial charge in [-0.3, -0.25) is 4.55 Å². The third kappa shape index (κ3) is 6.01. The fourth-order valence-corrected chi connectivity index (χ4v) is 1.36. The van der Waals surface area contributed by atoms with Crippen LogP contribution in [0, 0.1) is 0 Å². The summed E-state index contributed by atoms with van der Waals surface area (Å²) in [5.41, 5.74) is 0. The molecule has 168 valence electrons. The Bertz CT molecular complexity index is 731. The van der Waals surface area contributed by atoms with E-state index in [0.29, 0.717) is 0 Å². The monoisotopic (exact) mass is 489 g/mol. The van der Waals surface area contributed by atoms with Gasteiger partial charge in [0.25, 0.3) is 10.0 Å². The second kappa shape index (κ2) is 8.71. The third-order valence-electron chi connectivity index (χ3n) is 2.07. The van der Waals surface area contributed by atoms with Gasteiger partial charge in [0, 0.05) is 0 Å². The molecule has 28 heavy (non-hydrogen) atoms. The van der Waals surface area contributed by atoms with Crippen molar-refractivity contribution in [1.29, 1.82) is 0 Å². The molecule has 0 radical (unpaired) electrons. The second-order valence-electron chi connectivity index (χ2n) is 4.05. The van der Waals surface area contributed by atoms with Crippen LogP contribution in [0.3, 0.4) is 0 Å². The Labute approximate surface area is 158 Å². The van der Waals surface area contributed by atoms with Crippen molar-refractivity contribution in [2.45, 2.75) is 35.0 Å². The van der Waals surface area contributed by atoms with E-state index < -0.39 is 55.1 Å². The van der Waals surface area contributed by atoms with E-state index in [9.17, 15) is 73.9 Å². The fraction of sp³-hybridized carbons (Fsp3) is 1.00. The number of hydrogen-bond donors (Lipinski definition) is 2. The zero-order chi connectivity index (χ0) is 23.1. The molecule has 0 aromatic rings. The van der Waals surface area contributed by atoms with Gasteiger partial charge in [0.1, 0.15) is 0 Å². The molecule has 0 rings (SSSR count). The molecule has 0 bridgehead atoms. The normalized spacial score (nSPS) is 14.9. The first kappa shape index (κ1) is 32.2. The van der Waals surface area contributed by atoms with Crippen LogP contribution in [0.25, 0.3) is 0 Å². The molecule has 0 amide bonds. The van der Waals surface area contributed by atoms with Gasteiger partial charge in [-0.1, -0.05) is 0 Å². The van der Waals surface area contributed by atoms with Crippen molar-refractivity contribution in [3.63, 3.8) is 0 Å². The minimum atomic E-state index is -7.27. The van der Waals surface area contributed by atoms with Crippen molar-refractivity contribution in [1.82, 2.24) is 0 Å². The average Bonchev–Trinajstić information content (AvgIpc) is 2.34. The van der Waals surface area contributed by atoms with E-state index in [4.69, 9.17) is 4.55 Å². The number of sulfonamides is 1. The molecule has 0 heterocycles. The zero-order valence-electron chi connectivity index (χ0n) is 11.5. The Morgan fingerprint density at radius 2 is 1.00 bits per heavy atom. The van der Waals surface area contributed by atoms with E-state index in [1.54, 1.807) is 0 Å². The predicted molar refractivity (Wildman–Crippen MR) is 63.7 cm³/mol. The van der Waals surface area contributed by atoms with Crippen LogP contribution in [0.4, 0.5) is 57.1 Å². The third-order valence-corrected chi connectivity index (χ3v) is 3.91. The molecular weight excluding hydrogens is 484 g/mol. The molecule has 0 fully saturated rings. The molecule has 0 aliphatic carbocycles. The number of alkyl halides is 13. The van der Waals surface area contributed by atoms with Crippen LogP contribution >= 0.6 is 0 Å². The molecule has 0 atom stereocenters. The maximum absolute atomic E-state index is 12.3. The van der Waals surface area contributed by atoms with Gasteiger partial charge in [-0.25, -0.2) is 22.3 Å². The number of hydrogen-bond acceptors (Lipinski definition) is 4. The molecule has 22 heteroatoms. The van der Waals surface area contributed by atoms with Gasteiger partial charge in [-0.05, 0) is 0 Å². The first-order valence-corrected chi connectivity index (χ1v) is 8.03.